The van der Waals surface area contributed by atoms with Crippen molar-refractivity contribution in [2.45, 2.75) is 70.6 Å². The van der Waals surface area contributed by atoms with Crippen LogP contribution in [0.2, 0.25) is 5.02 Å². The summed E-state index contributed by atoms with van der Waals surface area (Å²) in [6, 6.07) is 12.4. The van der Waals surface area contributed by atoms with Crippen molar-refractivity contribution in [2.75, 3.05) is 36.0 Å². The molecule has 3 fully saturated rings. The number of anilines is 2. The standard InChI is InChI=1S/C27H35ClN6O/c1-19-15-27(18-34(19)21-5-4-20(17-29)23(28)14-21)9-12-33(13-10-27)24-6-7-25(32-31-24)35-22-8-11-30-26(2,3)16-22/h4-7,14,19,22,30H,8-13,15-16,18H2,1-3H3/t19-,22?/m0/s1. The van der Waals surface area contributed by atoms with Crippen molar-refractivity contribution in [3.8, 4) is 11.9 Å². The summed E-state index contributed by atoms with van der Waals surface area (Å²) in [6.07, 6.45) is 5.56. The van der Waals surface area contributed by atoms with Crippen LogP contribution in [0, 0.1) is 16.7 Å². The van der Waals surface area contributed by atoms with Gasteiger partial charge < -0.3 is 19.9 Å². The zero-order chi connectivity index (χ0) is 24.6. The van der Waals surface area contributed by atoms with Crippen molar-refractivity contribution in [2.24, 2.45) is 5.41 Å². The number of ether oxygens (including phenoxy) is 1. The van der Waals surface area contributed by atoms with Crippen LogP contribution in [0.5, 0.6) is 5.88 Å². The number of hydrogen-bond acceptors (Lipinski definition) is 7. The monoisotopic (exact) mass is 494 g/mol. The second-order valence-corrected chi connectivity index (χ2v) is 11.6. The van der Waals surface area contributed by atoms with E-state index in [-0.39, 0.29) is 11.6 Å². The van der Waals surface area contributed by atoms with E-state index in [1.807, 2.05) is 24.3 Å². The van der Waals surface area contributed by atoms with Crippen LogP contribution in [0.3, 0.4) is 0 Å². The first-order chi connectivity index (χ1) is 16.8. The van der Waals surface area contributed by atoms with E-state index in [4.69, 9.17) is 16.3 Å². The van der Waals surface area contributed by atoms with Gasteiger partial charge in [0.15, 0.2) is 5.82 Å². The van der Waals surface area contributed by atoms with Gasteiger partial charge in [-0.25, -0.2) is 0 Å². The maximum absolute atomic E-state index is 9.18. The third-order valence-corrected chi connectivity index (χ3v) is 8.35. The van der Waals surface area contributed by atoms with Crippen LogP contribution >= 0.6 is 11.6 Å². The Labute approximate surface area is 213 Å². The normalized spacial score (nSPS) is 25.5. The molecule has 1 aromatic heterocycles. The molecule has 1 spiro atoms. The smallest absolute Gasteiger partial charge is 0.233 e. The Kier molecular flexibility index (Phi) is 6.54. The fourth-order valence-electron chi connectivity index (χ4n) is 6.14. The number of nitrogens with one attached hydrogen (secondary N) is 1. The summed E-state index contributed by atoms with van der Waals surface area (Å²) in [5.41, 5.74) is 2.04. The molecule has 35 heavy (non-hydrogen) atoms. The molecular formula is C27H35ClN6O. The van der Waals surface area contributed by atoms with Gasteiger partial charge in [0.05, 0.1) is 10.6 Å². The molecule has 2 aromatic rings. The lowest BCUT2D eigenvalue weighted by Crippen LogP contribution is -2.49. The van der Waals surface area contributed by atoms with Crippen molar-refractivity contribution < 1.29 is 4.74 Å². The van der Waals surface area contributed by atoms with E-state index in [0.29, 0.717) is 27.9 Å². The molecule has 186 valence electrons. The fraction of sp³-hybridized carbons (Fsp3) is 0.593. The minimum Gasteiger partial charge on any atom is -0.473 e. The molecule has 1 unspecified atom stereocenters. The Bertz CT molecular complexity index is 1090. The van der Waals surface area contributed by atoms with Gasteiger partial charge in [0.1, 0.15) is 12.2 Å². The molecule has 0 bridgehead atoms. The summed E-state index contributed by atoms with van der Waals surface area (Å²) in [5, 5.41) is 22.1. The van der Waals surface area contributed by atoms with Gasteiger partial charge in [0, 0.05) is 49.4 Å². The quantitative estimate of drug-likeness (QED) is 0.654. The van der Waals surface area contributed by atoms with E-state index in [1.165, 1.54) is 6.42 Å². The number of piperidine rings is 2. The van der Waals surface area contributed by atoms with Gasteiger partial charge in [-0.3, -0.25) is 0 Å². The van der Waals surface area contributed by atoms with Crippen LogP contribution in [0.15, 0.2) is 30.3 Å². The molecule has 7 nitrogen and oxygen atoms in total. The maximum atomic E-state index is 9.18. The van der Waals surface area contributed by atoms with Crippen molar-refractivity contribution >= 4 is 23.1 Å². The maximum Gasteiger partial charge on any atom is 0.233 e. The summed E-state index contributed by atoms with van der Waals surface area (Å²) in [6.45, 7) is 10.7. The highest BCUT2D eigenvalue weighted by Gasteiger charge is 2.44. The number of nitriles is 1. The van der Waals surface area contributed by atoms with Crippen molar-refractivity contribution in [3.63, 3.8) is 0 Å². The topological polar surface area (TPSA) is 77.3 Å². The predicted octanol–water partition coefficient (Wildman–Crippen LogP) is 4.80. The lowest BCUT2D eigenvalue weighted by atomic mass is 9.77. The van der Waals surface area contributed by atoms with Gasteiger partial charge in [0.2, 0.25) is 5.88 Å². The molecule has 0 amide bonds. The Morgan fingerprint density at radius 2 is 1.94 bits per heavy atom. The molecule has 0 saturated carbocycles. The number of benzene rings is 1. The van der Waals surface area contributed by atoms with E-state index in [1.54, 1.807) is 0 Å². The van der Waals surface area contributed by atoms with E-state index in [9.17, 15) is 5.26 Å². The molecule has 3 aliphatic rings. The van der Waals surface area contributed by atoms with E-state index < -0.39 is 0 Å². The molecule has 1 N–H and O–H groups in total. The van der Waals surface area contributed by atoms with E-state index in [2.05, 4.69) is 58.2 Å². The average molecular weight is 495 g/mol. The minimum absolute atomic E-state index is 0.0969. The van der Waals surface area contributed by atoms with Crippen LogP contribution in [0.1, 0.15) is 58.4 Å². The van der Waals surface area contributed by atoms with Crippen LogP contribution in [-0.4, -0.2) is 54.1 Å². The molecule has 0 aliphatic carbocycles. The van der Waals surface area contributed by atoms with Crippen molar-refractivity contribution in [1.29, 1.82) is 5.26 Å². The number of nitrogens with zero attached hydrogens (tertiary/aromatic N) is 5. The molecule has 3 saturated heterocycles. The second-order valence-electron chi connectivity index (χ2n) is 11.2. The first kappa shape index (κ1) is 24.1. The fourth-order valence-corrected chi connectivity index (χ4v) is 6.36. The predicted molar refractivity (Wildman–Crippen MR) is 139 cm³/mol. The summed E-state index contributed by atoms with van der Waals surface area (Å²) in [7, 11) is 0. The van der Waals surface area contributed by atoms with Crippen molar-refractivity contribution in [3.05, 3.63) is 40.9 Å². The van der Waals surface area contributed by atoms with E-state index in [0.717, 1.165) is 63.4 Å². The summed E-state index contributed by atoms with van der Waals surface area (Å²) in [5.74, 6) is 1.55. The van der Waals surface area contributed by atoms with Crippen molar-refractivity contribution in [1.82, 2.24) is 15.5 Å². The number of halogens is 1. The molecule has 4 heterocycles. The number of rotatable bonds is 4. The Morgan fingerprint density at radius 3 is 2.60 bits per heavy atom. The Hall–Kier alpha value is -2.56. The average Bonchev–Trinajstić information content (AvgIpc) is 3.15. The molecular weight excluding hydrogens is 460 g/mol. The summed E-state index contributed by atoms with van der Waals surface area (Å²) in [4.78, 5) is 4.80. The lowest BCUT2D eigenvalue weighted by Gasteiger charge is -2.39. The van der Waals surface area contributed by atoms with Crippen LogP contribution < -0.4 is 19.9 Å². The first-order valence-corrected chi connectivity index (χ1v) is 13.1. The number of aromatic nitrogens is 2. The molecule has 0 radical (unpaired) electrons. The molecule has 8 heteroatoms. The second kappa shape index (κ2) is 9.48. The summed E-state index contributed by atoms with van der Waals surface area (Å²) < 4.78 is 6.13. The first-order valence-electron chi connectivity index (χ1n) is 12.7. The molecule has 2 atom stereocenters. The lowest BCUT2D eigenvalue weighted by molar-refractivity contribution is 0.106. The third kappa shape index (κ3) is 5.19. The van der Waals surface area contributed by atoms with Gasteiger partial charge in [-0.1, -0.05) is 11.6 Å². The van der Waals surface area contributed by atoms with Gasteiger partial charge in [0.25, 0.3) is 0 Å². The SMILES string of the molecule is C[C@H]1CC2(CCN(c3ccc(OC4CCNC(C)(C)C4)nn3)CC2)CN1c1ccc(C#N)c(Cl)c1. The Balaban J connectivity index is 1.18. The Morgan fingerprint density at radius 1 is 1.14 bits per heavy atom. The highest BCUT2D eigenvalue weighted by atomic mass is 35.5. The van der Waals surface area contributed by atoms with Gasteiger partial charge in [-0.2, -0.15) is 5.26 Å². The highest BCUT2D eigenvalue weighted by Crippen LogP contribution is 2.45. The largest absolute Gasteiger partial charge is 0.473 e. The minimum atomic E-state index is 0.0969. The molecule has 1 aromatic carbocycles. The van der Waals surface area contributed by atoms with Crippen LogP contribution in [0.4, 0.5) is 11.5 Å². The van der Waals surface area contributed by atoms with Gasteiger partial charge in [-0.05, 0) is 82.7 Å². The highest BCUT2D eigenvalue weighted by molar-refractivity contribution is 6.32. The number of hydrogen-bond donors (Lipinski definition) is 1. The van der Waals surface area contributed by atoms with Crippen LogP contribution in [-0.2, 0) is 0 Å². The zero-order valence-electron chi connectivity index (χ0n) is 20.9. The van der Waals surface area contributed by atoms with Gasteiger partial charge in [-0.15, -0.1) is 10.2 Å². The zero-order valence-corrected chi connectivity index (χ0v) is 21.7. The van der Waals surface area contributed by atoms with Crippen LogP contribution in [0.25, 0.3) is 0 Å². The van der Waals surface area contributed by atoms with E-state index >= 15 is 0 Å². The molecule has 3 aliphatic heterocycles. The summed E-state index contributed by atoms with van der Waals surface area (Å²) >= 11 is 6.32. The van der Waals surface area contributed by atoms with Gasteiger partial charge >= 0.3 is 0 Å². The molecule has 5 rings (SSSR count). The third-order valence-electron chi connectivity index (χ3n) is 8.04.